The maximum absolute atomic E-state index is 12.8. The monoisotopic (exact) mass is 383 g/mol. The number of amides is 1. The molecule has 1 spiro atoms. The molecule has 1 aromatic heterocycles. The zero-order valence-corrected chi connectivity index (χ0v) is 16.8. The molecule has 0 radical (unpaired) electrons. The summed E-state index contributed by atoms with van der Waals surface area (Å²) in [6.45, 7) is 5.71. The number of aromatic nitrogens is 1. The van der Waals surface area contributed by atoms with Gasteiger partial charge in [0.25, 0.3) is 0 Å². The van der Waals surface area contributed by atoms with Gasteiger partial charge in [-0.3, -0.25) is 4.79 Å². The highest BCUT2D eigenvalue weighted by Crippen LogP contribution is 2.40. The third-order valence-corrected chi connectivity index (χ3v) is 7.73. The number of para-hydroxylation sites is 1. The Labute approximate surface area is 165 Å². The van der Waals surface area contributed by atoms with Crippen LogP contribution in [0.2, 0.25) is 0 Å². The molecular weight excluding hydrogens is 354 g/mol. The van der Waals surface area contributed by atoms with E-state index in [0.717, 1.165) is 36.0 Å². The van der Waals surface area contributed by atoms with E-state index in [1.54, 1.807) is 11.3 Å². The van der Waals surface area contributed by atoms with E-state index >= 15 is 0 Å². The minimum Gasteiger partial charge on any atom is -0.342 e. The molecule has 1 saturated carbocycles. The summed E-state index contributed by atoms with van der Waals surface area (Å²) in [4.78, 5) is 22.3. The fourth-order valence-electron chi connectivity index (χ4n) is 5.01. The molecule has 3 heterocycles. The molecular formula is C22H29N3OS. The Morgan fingerprint density at radius 2 is 2.07 bits per heavy atom. The van der Waals surface area contributed by atoms with Crippen LogP contribution in [0.3, 0.4) is 0 Å². The van der Waals surface area contributed by atoms with Crippen molar-refractivity contribution >= 4 is 27.5 Å². The number of carbonyl (C=O) groups is 1. The number of carbonyl (C=O) groups excluding carboxylic acids is 1. The van der Waals surface area contributed by atoms with Crippen LogP contribution in [0.4, 0.5) is 0 Å². The Kier molecular flexibility index (Phi) is 4.68. The lowest BCUT2D eigenvalue weighted by molar-refractivity contribution is -0.130. The standard InChI is InChI=1S/C22H29N3OS/c26-21(9-8-20-23-18-4-1-2-5-19(18)27-20)25-13-11-22(16-25)10-3-12-24(15-22)14-17-6-7-17/h1-2,4-5,17H,3,6-16H2/t22-/m1/s1. The van der Waals surface area contributed by atoms with Gasteiger partial charge in [-0.25, -0.2) is 4.98 Å². The summed E-state index contributed by atoms with van der Waals surface area (Å²) >= 11 is 1.73. The van der Waals surface area contributed by atoms with Crippen molar-refractivity contribution < 1.29 is 4.79 Å². The lowest BCUT2D eigenvalue weighted by Gasteiger charge is -2.40. The Bertz CT molecular complexity index is 797. The first-order chi connectivity index (χ1) is 13.2. The second-order valence-electron chi connectivity index (χ2n) is 8.92. The van der Waals surface area contributed by atoms with Crippen LogP contribution in [0.5, 0.6) is 0 Å². The average Bonchev–Trinajstić information content (AvgIpc) is 3.24. The quantitative estimate of drug-likeness (QED) is 0.784. The van der Waals surface area contributed by atoms with Crippen molar-refractivity contribution in [2.75, 3.05) is 32.7 Å². The smallest absolute Gasteiger partial charge is 0.223 e. The van der Waals surface area contributed by atoms with E-state index in [1.807, 2.05) is 6.07 Å². The number of aryl methyl sites for hydroxylation is 1. The molecule has 2 aromatic rings. The molecule has 5 rings (SSSR count). The normalized spacial score (nSPS) is 26.3. The van der Waals surface area contributed by atoms with Crippen molar-refractivity contribution in [1.82, 2.24) is 14.8 Å². The van der Waals surface area contributed by atoms with Gasteiger partial charge in [-0.05, 0) is 56.7 Å². The van der Waals surface area contributed by atoms with Crippen molar-refractivity contribution in [3.05, 3.63) is 29.3 Å². The molecule has 1 aromatic carbocycles. The molecule has 4 nitrogen and oxygen atoms in total. The summed E-state index contributed by atoms with van der Waals surface area (Å²) < 4.78 is 1.22. The number of hydrogen-bond acceptors (Lipinski definition) is 4. The first-order valence-corrected chi connectivity index (χ1v) is 11.4. The van der Waals surface area contributed by atoms with Crippen LogP contribution in [0, 0.1) is 11.3 Å². The minimum absolute atomic E-state index is 0.324. The van der Waals surface area contributed by atoms with E-state index in [9.17, 15) is 4.79 Å². The number of thiazole rings is 1. The first kappa shape index (κ1) is 17.6. The highest BCUT2D eigenvalue weighted by molar-refractivity contribution is 7.18. The van der Waals surface area contributed by atoms with Gasteiger partial charge in [-0.2, -0.15) is 0 Å². The van der Waals surface area contributed by atoms with E-state index in [1.165, 1.54) is 56.4 Å². The molecule has 144 valence electrons. The first-order valence-electron chi connectivity index (χ1n) is 10.5. The van der Waals surface area contributed by atoms with Gasteiger partial charge in [0.05, 0.1) is 15.2 Å². The largest absolute Gasteiger partial charge is 0.342 e. The van der Waals surface area contributed by atoms with Crippen molar-refractivity contribution in [1.29, 1.82) is 0 Å². The van der Waals surface area contributed by atoms with Gasteiger partial charge in [0.2, 0.25) is 5.91 Å². The van der Waals surface area contributed by atoms with Crippen LogP contribution in [0.1, 0.15) is 43.5 Å². The maximum atomic E-state index is 12.8. The molecule has 1 aliphatic carbocycles. The van der Waals surface area contributed by atoms with Gasteiger partial charge in [0.1, 0.15) is 0 Å². The molecule has 2 aliphatic heterocycles. The SMILES string of the molecule is O=C(CCc1nc2ccccc2s1)N1CC[C@@]2(CCCN(CC3CC3)C2)C1. The lowest BCUT2D eigenvalue weighted by Crippen LogP contribution is -2.46. The highest BCUT2D eigenvalue weighted by atomic mass is 32.1. The second kappa shape index (κ2) is 7.17. The summed E-state index contributed by atoms with van der Waals surface area (Å²) in [6, 6.07) is 8.24. The van der Waals surface area contributed by atoms with Crippen LogP contribution in [0.15, 0.2) is 24.3 Å². The fraction of sp³-hybridized carbons (Fsp3) is 0.636. The van der Waals surface area contributed by atoms with Gasteiger partial charge in [-0.1, -0.05) is 12.1 Å². The molecule has 27 heavy (non-hydrogen) atoms. The molecule has 1 amide bonds. The van der Waals surface area contributed by atoms with Crippen LogP contribution < -0.4 is 0 Å². The number of likely N-dealkylation sites (tertiary alicyclic amines) is 2. The topological polar surface area (TPSA) is 36.4 Å². The number of benzene rings is 1. The van der Waals surface area contributed by atoms with Crippen molar-refractivity contribution in [3.63, 3.8) is 0 Å². The summed E-state index contributed by atoms with van der Waals surface area (Å²) in [7, 11) is 0. The summed E-state index contributed by atoms with van der Waals surface area (Å²) in [5.41, 5.74) is 1.43. The Morgan fingerprint density at radius 3 is 2.93 bits per heavy atom. The summed E-state index contributed by atoms with van der Waals surface area (Å²) in [6.07, 6.45) is 8.04. The van der Waals surface area contributed by atoms with Crippen molar-refractivity contribution in [2.45, 2.75) is 44.9 Å². The number of rotatable bonds is 5. The molecule has 3 fully saturated rings. The fourth-order valence-corrected chi connectivity index (χ4v) is 5.98. The second-order valence-corrected chi connectivity index (χ2v) is 10.0. The Morgan fingerprint density at radius 1 is 1.19 bits per heavy atom. The third-order valence-electron chi connectivity index (χ3n) is 6.64. The van der Waals surface area contributed by atoms with Crippen LogP contribution in [-0.2, 0) is 11.2 Å². The number of nitrogens with zero attached hydrogens (tertiary/aromatic N) is 3. The third kappa shape index (κ3) is 3.90. The number of fused-ring (bicyclic) bond motifs is 1. The number of hydrogen-bond donors (Lipinski definition) is 0. The Hall–Kier alpha value is -1.46. The van der Waals surface area contributed by atoms with Crippen LogP contribution in [0.25, 0.3) is 10.2 Å². The van der Waals surface area contributed by atoms with E-state index in [0.29, 0.717) is 17.7 Å². The zero-order chi connectivity index (χ0) is 18.3. The molecule has 0 N–H and O–H groups in total. The lowest BCUT2D eigenvalue weighted by atomic mass is 9.79. The van der Waals surface area contributed by atoms with Crippen LogP contribution in [-0.4, -0.2) is 53.4 Å². The van der Waals surface area contributed by atoms with E-state index in [2.05, 4.69) is 33.0 Å². The molecule has 2 saturated heterocycles. The minimum atomic E-state index is 0.324. The predicted molar refractivity (Wildman–Crippen MR) is 110 cm³/mol. The molecule has 5 heteroatoms. The molecule has 0 unspecified atom stereocenters. The average molecular weight is 384 g/mol. The molecule has 3 aliphatic rings. The van der Waals surface area contributed by atoms with E-state index < -0.39 is 0 Å². The van der Waals surface area contributed by atoms with Crippen LogP contribution >= 0.6 is 11.3 Å². The van der Waals surface area contributed by atoms with Crippen molar-refractivity contribution in [3.8, 4) is 0 Å². The summed E-state index contributed by atoms with van der Waals surface area (Å²) in [5, 5.41) is 1.09. The highest BCUT2D eigenvalue weighted by Gasteiger charge is 2.43. The van der Waals surface area contributed by atoms with E-state index in [4.69, 9.17) is 0 Å². The maximum Gasteiger partial charge on any atom is 0.223 e. The number of piperidine rings is 1. The molecule has 1 atom stereocenters. The zero-order valence-electron chi connectivity index (χ0n) is 16.0. The van der Waals surface area contributed by atoms with Gasteiger partial charge in [0, 0.05) is 44.4 Å². The predicted octanol–water partition coefficient (Wildman–Crippen LogP) is 3.95. The van der Waals surface area contributed by atoms with Gasteiger partial charge in [-0.15, -0.1) is 11.3 Å². The molecule has 0 bridgehead atoms. The van der Waals surface area contributed by atoms with Crippen molar-refractivity contribution in [2.24, 2.45) is 11.3 Å². The Balaban J connectivity index is 1.16. The van der Waals surface area contributed by atoms with Gasteiger partial charge >= 0.3 is 0 Å². The van der Waals surface area contributed by atoms with Gasteiger partial charge < -0.3 is 9.80 Å². The van der Waals surface area contributed by atoms with E-state index in [-0.39, 0.29) is 0 Å². The summed E-state index contributed by atoms with van der Waals surface area (Å²) in [5.74, 6) is 1.29. The van der Waals surface area contributed by atoms with Gasteiger partial charge in [0.15, 0.2) is 0 Å².